The smallest absolute Gasteiger partial charge is 0.125 e. The van der Waals surface area contributed by atoms with Crippen molar-refractivity contribution in [3.05, 3.63) is 186 Å². The van der Waals surface area contributed by atoms with Gasteiger partial charge in [-0.05, 0) is 77.2 Å². The lowest BCUT2D eigenvalue weighted by molar-refractivity contribution is 0.642. The molecule has 51 heavy (non-hydrogen) atoms. The quantitative estimate of drug-likeness (QED) is 0.131. The molecule has 0 fully saturated rings. The fourth-order valence-corrected chi connectivity index (χ4v) is 8.59. The van der Waals surface area contributed by atoms with Gasteiger partial charge in [-0.3, -0.25) is 5.41 Å². The lowest BCUT2D eigenvalue weighted by Gasteiger charge is -2.21. The summed E-state index contributed by atoms with van der Waals surface area (Å²) in [6, 6.07) is 59.3. The maximum atomic E-state index is 9.38. The predicted octanol–water partition coefficient (Wildman–Crippen LogP) is 11.6. The van der Waals surface area contributed by atoms with E-state index in [9.17, 15) is 5.26 Å². The number of benzene rings is 7. The first-order valence-electron chi connectivity index (χ1n) is 17.1. The van der Waals surface area contributed by atoms with Crippen LogP contribution in [-0.4, -0.2) is 10.4 Å². The van der Waals surface area contributed by atoms with E-state index >= 15 is 0 Å². The third kappa shape index (κ3) is 5.53. The minimum absolute atomic E-state index is 0.118. The van der Waals surface area contributed by atoms with Gasteiger partial charge in [0.25, 0.3) is 0 Å². The van der Waals surface area contributed by atoms with Crippen LogP contribution in [-0.2, 0) is 6.42 Å². The molecular formula is C46H32N4S. The molecule has 5 heteroatoms. The second kappa shape index (κ2) is 12.8. The number of nitriles is 1. The number of hydrogen-bond acceptors (Lipinski definition) is 3. The van der Waals surface area contributed by atoms with Crippen molar-refractivity contribution >= 4 is 59.2 Å². The number of nitrogens with one attached hydrogen (secondary N) is 2. The number of hydrogen-bond donors (Lipinski definition) is 2. The van der Waals surface area contributed by atoms with E-state index in [0.29, 0.717) is 23.4 Å². The van der Waals surface area contributed by atoms with Crippen molar-refractivity contribution in [2.24, 2.45) is 0 Å². The summed E-state index contributed by atoms with van der Waals surface area (Å²) in [6.45, 7) is 0. The van der Waals surface area contributed by atoms with Crippen LogP contribution in [0.15, 0.2) is 164 Å². The molecule has 0 saturated carbocycles. The SMILES string of the molecule is N#Cc1cccc(C(=N)N[C@@H](Cc2ccc(-n3c4ccccc4c4cc(-c5cccc6c5sc5ccccc56)ccc43)cc2)c2ccccc2)c1. The Balaban J connectivity index is 1.07. The molecular weight excluding hydrogens is 641 g/mol. The first kappa shape index (κ1) is 30.6. The van der Waals surface area contributed by atoms with Crippen LogP contribution in [0.3, 0.4) is 0 Å². The highest BCUT2D eigenvalue weighted by Crippen LogP contribution is 2.41. The Morgan fingerprint density at radius 3 is 2.24 bits per heavy atom. The zero-order valence-electron chi connectivity index (χ0n) is 27.7. The molecule has 242 valence electrons. The molecule has 9 aromatic rings. The number of aromatic nitrogens is 1. The lowest BCUT2D eigenvalue weighted by Crippen LogP contribution is -2.30. The van der Waals surface area contributed by atoms with Gasteiger partial charge in [-0.25, -0.2) is 0 Å². The molecule has 0 aliphatic heterocycles. The maximum Gasteiger partial charge on any atom is 0.125 e. The highest BCUT2D eigenvalue weighted by atomic mass is 32.1. The molecule has 0 saturated heterocycles. The van der Waals surface area contributed by atoms with Crippen molar-refractivity contribution in [3.8, 4) is 22.9 Å². The molecule has 7 aromatic carbocycles. The first-order chi connectivity index (χ1) is 25.1. The van der Waals surface area contributed by atoms with Crippen LogP contribution in [0.4, 0.5) is 0 Å². The maximum absolute atomic E-state index is 9.38. The molecule has 0 bridgehead atoms. The van der Waals surface area contributed by atoms with Gasteiger partial charge in [-0.15, -0.1) is 11.3 Å². The topological polar surface area (TPSA) is 64.6 Å². The molecule has 0 unspecified atom stereocenters. The van der Waals surface area contributed by atoms with Gasteiger partial charge in [-0.1, -0.05) is 115 Å². The summed E-state index contributed by atoms with van der Waals surface area (Å²) < 4.78 is 5.00. The predicted molar refractivity (Wildman–Crippen MR) is 213 cm³/mol. The minimum atomic E-state index is -0.118. The van der Waals surface area contributed by atoms with E-state index in [2.05, 4.69) is 137 Å². The van der Waals surface area contributed by atoms with Gasteiger partial charge >= 0.3 is 0 Å². The Bertz CT molecular complexity index is 2780. The van der Waals surface area contributed by atoms with Crippen LogP contribution >= 0.6 is 11.3 Å². The zero-order chi connectivity index (χ0) is 34.3. The van der Waals surface area contributed by atoms with E-state index in [4.69, 9.17) is 5.41 Å². The lowest BCUT2D eigenvalue weighted by atomic mass is 9.98. The number of rotatable bonds is 7. The average molecular weight is 673 g/mol. The van der Waals surface area contributed by atoms with E-state index in [1.54, 1.807) is 12.1 Å². The summed E-state index contributed by atoms with van der Waals surface area (Å²) in [4.78, 5) is 0. The van der Waals surface area contributed by atoms with Gasteiger partial charge in [0.05, 0.1) is 28.7 Å². The first-order valence-corrected chi connectivity index (χ1v) is 17.9. The molecule has 0 spiro atoms. The van der Waals surface area contributed by atoms with Gasteiger partial charge in [0.15, 0.2) is 0 Å². The Morgan fingerprint density at radius 2 is 1.39 bits per heavy atom. The molecule has 0 radical (unpaired) electrons. The van der Waals surface area contributed by atoms with Crippen LogP contribution in [0.2, 0.25) is 0 Å². The van der Waals surface area contributed by atoms with E-state index in [0.717, 1.165) is 16.8 Å². The highest BCUT2D eigenvalue weighted by molar-refractivity contribution is 7.26. The zero-order valence-corrected chi connectivity index (χ0v) is 28.5. The molecule has 0 amide bonds. The van der Waals surface area contributed by atoms with Crippen molar-refractivity contribution in [2.75, 3.05) is 0 Å². The van der Waals surface area contributed by atoms with E-state index in [-0.39, 0.29) is 6.04 Å². The normalized spacial score (nSPS) is 12.0. The van der Waals surface area contributed by atoms with Crippen LogP contribution in [0.25, 0.3) is 58.8 Å². The van der Waals surface area contributed by atoms with E-state index in [1.807, 2.05) is 41.7 Å². The fourth-order valence-electron chi connectivity index (χ4n) is 7.35. The molecule has 0 aliphatic rings. The Kier molecular flexibility index (Phi) is 7.65. The third-order valence-electron chi connectivity index (χ3n) is 9.82. The Hall–Kier alpha value is -6.48. The minimum Gasteiger partial charge on any atom is -0.363 e. The Labute approximate surface area is 300 Å². The standard InChI is InChI=1S/C46H32N4S/c47-29-31-10-8-13-34(26-31)46(48)49-41(32-11-2-1-3-12-32)27-30-20-23-35(24-21-30)50-42-18-6-4-14-37(42)40-28-33(22-25-43(40)50)36-16-9-17-39-38-15-5-7-19-44(38)51-45(36)39/h1-26,28,41H,27H2,(H2,48,49)/t41-/m0/s1. The van der Waals surface area contributed by atoms with Gasteiger partial charge in [0, 0.05) is 42.2 Å². The van der Waals surface area contributed by atoms with Crippen LogP contribution < -0.4 is 5.32 Å². The summed E-state index contributed by atoms with van der Waals surface area (Å²) in [6.07, 6.45) is 0.699. The van der Waals surface area contributed by atoms with Crippen LogP contribution in [0, 0.1) is 16.7 Å². The molecule has 2 aromatic heterocycles. The second-order valence-electron chi connectivity index (χ2n) is 12.9. The Morgan fingerprint density at radius 1 is 0.667 bits per heavy atom. The summed E-state index contributed by atoms with van der Waals surface area (Å²) >= 11 is 1.87. The van der Waals surface area contributed by atoms with Crippen molar-refractivity contribution in [1.82, 2.24) is 9.88 Å². The summed E-state index contributed by atoms with van der Waals surface area (Å²) in [5.74, 6) is 0.297. The molecule has 2 heterocycles. The molecule has 9 rings (SSSR count). The summed E-state index contributed by atoms with van der Waals surface area (Å²) in [5, 5.41) is 26.8. The summed E-state index contributed by atoms with van der Waals surface area (Å²) in [7, 11) is 0. The van der Waals surface area contributed by atoms with Crippen LogP contribution in [0.1, 0.15) is 28.3 Å². The fraction of sp³-hybridized carbons (Fsp3) is 0.0435. The number of para-hydroxylation sites is 1. The van der Waals surface area contributed by atoms with Gasteiger partial charge in [0.2, 0.25) is 0 Å². The third-order valence-corrected chi connectivity index (χ3v) is 11.0. The number of fused-ring (bicyclic) bond motifs is 6. The second-order valence-corrected chi connectivity index (χ2v) is 14.0. The molecule has 2 N–H and O–H groups in total. The molecule has 1 atom stereocenters. The van der Waals surface area contributed by atoms with Crippen LogP contribution in [0.5, 0.6) is 0 Å². The number of nitrogens with zero attached hydrogens (tertiary/aromatic N) is 2. The average Bonchev–Trinajstić information content (AvgIpc) is 3.74. The largest absolute Gasteiger partial charge is 0.363 e. The summed E-state index contributed by atoms with van der Waals surface area (Å²) in [5.41, 5.74) is 9.45. The van der Waals surface area contributed by atoms with Crippen molar-refractivity contribution in [2.45, 2.75) is 12.5 Å². The van der Waals surface area contributed by atoms with Gasteiger partial charge in [0.1, 0.15) is 5.84 Å². The number of amidine groups is 1. The van der Waals surface area contributed by atoms with E-state index < -0.39 is 0 Å². The van der Waals surface area contributed by atoms with Gasteiger partial charge < -0.3 is 9.88 Å². The number of thiophene rings is 1. The monoisotopic (exact) mass is 672 g/mol. The van der Waals surface area contributed by atoms with E-state index in [1.165, 1.54) is 53.1 Å². The van der Waals surface area contributed by atoms with Gasteiger partial charge in [-0.2, -0.15) is 5.26 Å². The van der Waals surface area contributed by atoms with Crippen molar-refractivity contribution in [1.29, 1.82) is 10.7 Å². The molecule has 4 nitrogen and oxygen atoms in total. The van der Waals surface area contributed by atoms with Crippen molar-refractivity contribution in [3.63, 3.8) is 0 Å². The highest BCUT2D eigenvalue weighted by Gasteiger charge is 2.18. The molecule has 0 aliphatic carbocycles. The van der Waals surface area contributed by atoms with Crippen molar-refractivity contribution < 1.29 is 0 Å².